The second-order valence-electron chi connectivity index (χ2n) is 4.93. The lowest BCUT2D eigenvalue weighted by Crippen LogP contribution is -2.20. The lowest BCUT2D eigenvalue weighted by Gasteiger charge is -2.13. The van der Waals surface area contributed by atoms with Gasteiger partial charge in [-0.1, -0.05) is 27.5 Å². The van der Waals surface area contributed by atoms with Crippen molar-refractivity contribution in [1.82, 2.24) is 0 Å². The number of anilines is 1. The molecule has 1 amide bonds. The zero-order valence-corrected chi connectivity index (χ0v) is 15.8. The average molecular weight is 415 g/mol. The minimum absolute atomic E-state index is 0.130. The predicted octanol–water partition coefficient (Wildman–Crippen LogP) is 4.45. The number of halogens is 2. The van der Waals surface area contributed by atoms with Crippen molar-refractivity contribution in [1.29, 1.82) is 0 Å². The normalized spacial score (nSPS) is 10.2. The largest absolute Gasteiger partial charge is 0.495 e. The van der Waals surface area contributed by atoms with E-state index in [0.29, 0.717) is 28.0 Å². The summed E-state index contributed by atoms with van der Waals surface area (Å²) < 4.78 is 16.8. The fraction of sp³-hybridized carbons (Fsp3) is 0.235. The van der Waals surface area contributed by atoms with Crippen LogP contribution >= 0.6 is 27.5 Å². The summed E-state index contributed by atoms with van der Waals surface area (Å²) in [6.45, 7) is 1.82. The molecule has 0 heterocycles. The summed E-state index contributed by atoms with van der Waals surface area (Å²) in [5.41, 5.74) is 1.48. The zero-order valence-electron chi connectivity index (χ0n) is 13.5. The van der Waals surface area contributed by atoms with Crippen LogP contribution in [0.1, 0.15) is 5.56 Å². The van der Waals surface area contributed by atoms with Gasteiger partial charge in [-0.25, -0.2) is 0 Å². The highest BCUT2D eigenvalue weighted by Gasteiger charge is 2.13. The third-order valence-corrected chi connectivity index (χ3v) is 4.43. The standard InChI is InChI=1S/C17H17BrClNO4/c1-10-6-11(4-5-12(10)18)24-9-17(21)20-14-8-15(22-2)13(19)7-16(14)23-3/h4-8H,9H2,1-3H3,(H,20,21). The highest BCUT2D eigenvalue weighted by atomic mass is 79.9. The van der Waals surface area contributed by atoms with E-state index in [1.54, 1.807) is 18.2 Å². The Labute approximate surface area is 154 Å². The van der Waals surface area contributed by atoms with Crippen LogP contribution in [-0.4, -0.2) is 26.7 Å². The molecule has 24 heavy (non-hydrogen) atoms. The van der Waals surface area contributed by atoms with Crippen LogP contribution in [0.2, 0.25) is 5.02 Å². The van der Waals surface area contributed by atoms with E-state index >= 15 is 0 Å². The van der Waals surface area contributed by atoms with E-state index in [1.165, 1.54) is 14.2 Å². The number of nitrogens with one attached hydrogen (secondary N) is 1. The van der Waals surface area contributed by atoms with Crippen molar-refractivity contribution in [3.8, 4) is 17.2 Å². The molecule has 2 aromatic carbocycles. The number of aryl methyl sites for hydroxylation is 1. The molecule has 5 nitrogen and oxygen atoms in total. The molecule has 0 spiro atoms. The Morgan fingerprint density at radius 1 is 1.17 bits per heavy atom. The van der Waals surface area contributed by atoms with E-state index in [0.717, 1.165) is 10.0 Å². The van der Waals surface area contributed by atoms with E-state index in [9.17, 15) is 4.79 Å². The van der Waals surface area contributed by atoms with Crippen molar-refractivity contribution in [2.45, 2.75) is 6.92 Å². The Hall–Kier alpha value is -1.92. The number of amides is 1. The molecule has 1 N–H and O–H groups in total. The van der Waals surface area contributed by atoms with Crippen LogP contribution in [0.5, 0.6) is 17.2 Å². The van der Waals surface area contributed by atoms with Crippen LogP contribution in [0.15, 0.2) is 34.8 Å². The van der Waals surface area contributed by atoms with E-state index < -0.39 is 0 Å². The monoisotopic (exact) mass is 413 g/mol. The first-order valence-electron chi connectivity index (χ1n) is 7.05. The molecule has 0 aliphatic heterocycles. The van der Waals surface area contributed by atoms with Gasteiger partial charge in [0.05, 0.1) is 24.9 Å². The number of hydrogen-bond acceptors (Lipinski definition) is 4. The second kappa shape index (κ2) is 8.26. The summed E-state index contributed by atoms with van der Waals surface area (Å²) in [4.78, 5) is 12.1. The molecule has 0 bridgehead atoms. The van der Waals surface area contributed by atoms with Gasteiger partial charge in [-0.3, -0.25) is 4.79 Å². The third kappa shape index (κ3) is 4.55. The molecule has 0 fully saturated rings. The van der Waals surface area contributed by atoms with Gasteiger partial charge in [0.15, 0.2) is 6.61 Å². The van der Waals surface area contributed by atoms with Gasteiger partial charge in [0.2, 0.25) is 0 Å². The quantitative estimate of drug-likeness (QED) is 0.759. The molecule has 0 radical (unpaired) electrons. The van der Waals surface area contributed by atoms with Crippen LogP contribution in [0, 0.1) is 6.92 Å². The van der Waals surface area contributed by atoms with Gasteiger partial charge in [-0.2, -0.15) is 0 Å². The Bertz CT molecular complexity index is 752. The number of rotatable bonds is 6. The first-order chi connectivity index (χ1) is 11.4. The maximum Gasteiger partial charge on any atom is 0.262 e. The summed E-state index contributed by atoms with van der Waals surface area (Å²) in [5.74, 6) is 1.18. The molecule has 2 aromatic rings. The molecular weight excluding hydrogens is 398 g/mol. The van der Waals surface area contributed by atoms with Gasteiger partial charge < -0.3 is 19.5 Å². The maximum absolute atomic E-state index is 12.1. The van der Waals surface area contributed by atoms with E-state index in [1.807, 2.05) is 19.1 Å². The Morgan fingerprint density at radius 3 is 2.50 bits per heavy atom. The fourth-order valence-corrected chi connectivity index (χ4v) is 2.48. The summed E-state index contributed by atoms with van der Waals surface area (Å²) >= 11 is 9.46. The van der Waals surface area contributed by atoms with Crippen molar-refractivity contribution in [3.63, 3.8) is 0 Å². The molecule has 2 rings (SSSR count). The maximum atomic E-state index is 12.1. The number of carbonyl (C=O) groups excluding carboxylic acids is 1. The number of hydrogen-bond donors (Lipinski definition) is 1. The van der Waals surface area contributed by atoms with E-state index in [4.69, 9.17) is 25.8 Å². The Morgan fingerprint density at radius 2 is 1.88 bits per heavy atom. The number of methoxy groups -OCH3 is 2. The summed E-state index contributed by atoms with van der Waals surface area (Å²) in [7, 11) is 2.99. The van der Waals surface area contributed by atoms with Gasteiger partial charge in [-0.05, 0) is 30.7 Å². The van der Waals surface area contributed by atoms with Crippen molar-refractivity contribution in [2.24, 2.45) is 0 Å². The van der Waals surface area contributed by atoms with E-state index in [-0.39, 0.29) is 12.5 Å². The predicted molar refractivity (Wildman–Crippen MR) is 97.6 cm³/mol. The highest BCUT2D eigenvalue weighted by Crippen LogP contribution is 2.35. The van der Waals surface area contributed by atoms with Gasteiger partial charge >= 0.3 is 0 Å². The van der Waals surface area contributed by atoms with Gasteiger partial charge in [0.1, 0.15) is 17.2 Å². The molecule has 128 valence electrons. The molecule has 0 aromatic heterocycles. The van der Waals surface area contributed by atoms with Crippen LogP contribution in [-0.2, 0) is 4.79 Å². The molecule has 0 aliphatic carbocycles. The third-order valence-electron chi connectivity index (χ3n) is 3.25. The number of benzene rings is 2. The first kappa shape index (κ1) is 18.4. The Kier molecular flexibility index (Phi) is 6.34. The van der Waals surface area contributed by atoms with Crippen molar-refractivity contribution in [2.75, 3.05) is 26.1 Å². The zero-order chi connectivity index (χ0) is 17.7. The minimum atomic E-state index is -0.321. The smallest absolute Gasteiger partial charge is 0.262 e. The molecular formula is C17H17BrClNO4. The number of carbonyl (C=O) groups is 1. The van der Waals surface area contributed by atoms with E-state index in [2.05, 4.69) is 21.2 Å². The summed E-state index contributed by atoms with van der Waals surface area (Å²) in [6.07, 6.45) is 0. The van der Waals surface area contributed by atoms with Crippen molar-refractivity contribution in [3.05, 3.63) is 45.4 Å². The molecule has 0 saturated heterocycles. The van der Waals surface area contributed by atoms with Crippen LogP contribution in [0.3, 0.4) is 0 Å². The molecule has 7 heteroatoms. The van der Waals surface area contributed by atoms with Gasteiger partial charge in [0.25, 0.3) is 5.91 Å². The average Bonchev–Trinajstić information content (AvgIpc) is 2.57. The van der Waals surface area contributed by atoms with Crippen molar-refractivity contribution >= 4 is 39.1 Å². The molecule has 0 saturated carbocycles. The SMILES string of the molecule is COc1cc(NC(=O)COc2ccc(Br)c(C)c2)c(OC)cc1Cl. The molecule has 0 atom stereocenters. The van der Waals surface area contributed by atoms with Gasteiger partial charge in [0, 0.05) is 16.6 Å². The summed E-state index contributed by atoms with van der Waals surface area (Å²) in [5, 5.41) is 3.12. The lowest BCUT2D eigenvalue weighted by molar-refractivity contribution is -0.118. The molecule has 0 unspecified atom stereocenters. The Balaban J connectivity index is 2.05. The summed E-state index contributed by atoms with van der Waals surface area (Å²) in [6, 6.07) is 8.69. The van der Waals surface area contributed by atoms with Crippen LogP contribution in [0.25, 0.3) is 0 Å². The molecule has 0 aliphatic rings. The second-order valence-corrected chi connectivity index (χ2v) is 6.20. The van der Waals surface area contributed by atoms with Crippen molar-refractivity contribution < 1.29 is 19.0 Å². The van der Waals surface area contributed by atoms with Crippen LogP contribution in [0.4, 0.5) is 5.69 Å². The first-order valence-corrected chi connectivity index (χ1v) is 8.22. The lowest BCUT2D eigenvalue weighted by atomic mass is 10.2. The van der Waals surface area contributed by atoms with Gasteiger partial charge in [-0.15, -0.1) is 0 Å². The minimum Gasteiger partial charge on any atom is -0.495 e. The topological polar surface area (TPSA) is 56.8 Å². The fourth-order valence-electron chi connectivity index (χ4n) is 2.00. The highest BCUT2D eigenvalue weighted by molar-refractivity contribution is 9.10. The van der Waals surface area contributed by atoms with Crippen LogP contribution < -0.4 is 19.5 Å². The number of ether oxygens (including phenoxy) is 3.